The molecule has 1 saturated carbocycles. The lowest BCUT2D eigenvalue weighted by Gasteiger charge is -2.38. The van der Waals surface area contributed by atoms with Crippen molar-refractivity contribution in [1.29, 1.82) is 5.26 Å². The van der Waals surface area contributed by atoms with Gasteiger partial charge in [-0.3, -0.25) is 4.90 Å². The molecule has 1 unspecified atom stereocenters. The topological polar surface area (TPSA) is 71.3 Å². The molecule has 0 N–H and O–H groups in total. The summed E-state index contributed by atoms with van der Waals surface area (Å²) in [5.41, 5.74) is 1.37. The van der Waals surface area contributed by atoms with E-state index in [9.17, 15) is 5.26 Å². The van der Waals surface area contributed by atoms with Gasteiger partial charge in [0, 0.05) is 29.9 Å². The second-order valence-electron chi connectivity index (χ2n) is 9.00. The summed E-state index contributed by atoms with van der Waals surface area (Å²) in [6.45, 7) is 5.88. The fraction of sp³-hybridized carbons (Fsp3) is 0.696. The van der Waals surface area contributed by atoms with E-state index in [1.165, 1.54) is 23.3 Å². The third kappa shape index (κ3) is 3.93. The monoisotopic (exact) mass is 426 g/mol. The fourth-order valence-electron chi connectivity index (χ4n) is 5.47. The minimum atomic E-state index is 0.0698. The van der Waals surface area contributed by atoms with Crippen molar-refractivity contribution in [3.8, 4) is 11.9 Å². The van der Waals surface area contributed by atoms with Crippen LogP contribution in [0.3, 0.4) is 0 Å². The molecule has 1 saturated heterocycles. The molecular weight excluding hydrogens is 396 g/mol. The van der Waals surface area contributed by atoms with Crippen molar-refractivity contribution in [3.63, 3.8) is 0 Å². The van der Waals surface area contributed by atoms with Crippen LogP contribution < -0.4 is 4.74 Å². The lowest BCUT2D eigenvalue weighted by atomic mass is 9.91. The number of hydrogen-bond acceptors (Lipinski definition) is 7. The Balaban J connectivity index is 1.31. The summed E-state index contributed by atoms with van der Waals surface area (Å²) in [6, 6.07) is 3.07. The first-order valence-corrected chi connectivity index (χ1v) is 12.2. The van der Waals surface area contributed by atoms with Crippen LogP contribution in [0.4, 0.5) is 0 Å². The van der Waals surface area contributed by atoms with Crippen molar-refractivity contribution in [2.45, 2.75) is 69.9 Å². The first-order valence-electron chi connectivity index (χ1n) is 11.4. The number of hydrogen-bond donors (Lipinski definition) is 0. The van der Waals surface area contributed by atoms with E-state index in [2.05, 4.69) is 20.9 Å². The number of nitrogens with zero attached hydrogens (tertiary/aromatic N) is 4. The quantitative estimate of drug-likeness (QED) is 0.710. The highest BCUT2D eigenvalue weighted by atomic mass is 32.1. The van der Waals surface area contributed by atoms with Crippen LogP contribution in [0.1, 0.15) is 61.8 Å². The van der Waals surface area contributed by atoms with Gasteiger partial charge in [0.2, 0.25) is 5.88 Å². The van der Waals surface area contributed by atoms with E-state index in [1.807, 2.05) is 6.92 Å². The smallest absolute Gasteiger partial charge is 0.225 e. The number of rotatable bonds is 5. The van der Waals surface area contributed by atoms with Crippen LogP contribution in [0, 0.1) is 17.2 Å². The molecule has 0 aromatic carbocycles. The molecule has 3 aliphatic rings. The minimum absolute atomic E-state index is 0.0698. The Morgan fingerprint density at radius 3 is 2.80 bits per heavy atom. The largest absolute Gasteiger partial charge is 0.474 e. The maximum atomic E-state index is 9.29. The van der Waals surface area contributed by atoms with Gasteiger partial charge < -0.3 is 9.47 Å². The Kier molecular flexibility index (Phi) is 5.90. The van der Waals surface area contributed by atoms with E-state index in [-0.39, 0.29) is 12.0 Å². The molecule has 2 fully saturated rings. The standard InChI is InChI=1S/C23H30N4O2S/c1-15(13-24)12-16-2-7-19-20(16)21-22(25-14-26-23(21)30-19)29-18-5-3-17(4-6-18)27-8-10-28-11-9-27/h14-18H,2-12H2,1H3/t15?,16-,17-,18-/m1/s1. The van der Waals surface area contributed by atoms with Crippen molar-refractivity contribution >= 4 is 21.6 Å². The van der Waals surface area contributed by atoms with Gasteiger partial charge in [0.25, 0.3) is 0 Å². The van der Waals surface area contributed by atoms with Crippen LogP contribution in [0.15, 0.2) is 6.33 Å². The molecular formula is C23H30N4O2S. The number of ether oxygens (including phenoxy) is 2. The average Bonchev–Trinajstić information content (AvgIpc) is 3.35. The van der Waals surface area contributed by atoms with Gasteiger partial charge in [-0.2, -0.15) is 5.26 Å². The molecule has 0 amide bonds. The first kappa shape index (κ1) is 20.2. The van der Waals surface area contributed by atoms with Gasteiger partial charge in [0.15, 0.2) is 0 Å². The zero-order valence-corrected chi connectivity index (χ0v) is 18.5. The van der Waals surface area contributed by atoms with Gasteiger partial charge in [0.1, 0.15) is 17.3 Å². The third-order valence-electron chi connectivity index (χ3n) is 7.04. The normalized spacial score (nSPS) is 28.2. The van der Waals surface area contributed by atoms with Crippen molar-refractivity contribution in [2.75, 3.05) is 26.3 Å². The molecule has 160 valence electrons. The number of fused-ring (bicyclic) bond motifs is 3. The number of nitriles is 1. The Hall–Kier alpha value is -1.75. The molecule has 1 aliphatic heterocycles. The first-order chi connectivity index (χ1) is 14.7. The number of thiophene rings is 1. The zero-order chi connectivity index (χ0) is 20.5. The molecule has 2 atom stereocenters. The lowest BCUT2D eigenvalue weighted by molar-refractivity contribution is -0.00126. The Labute approximate surface area is 182 Å². The Bertz CT molecular complexity index is 925. The Morgan fingerprint density at radius 1 is 1.23 bits per heavy atom. The molecule has 7 heteroatoms. The number of morpholine rings is 1. The summed E-state index contributed by atoms with van der Waals surface area (Å²) in [4.78, 5) is 14.2. The van der Waals surface area contributed by atoms with Gasteiger partial charge in [-0.05, 0) is 63.4 Å². The fourth-order valence-corrected chi connectivity index (χ4v) is 6.70. The molecule has 5 rings (SSSR count). The van der Waals surface area contributed by atoms with E-state index in [0.717, 1.165) is 74.5 Å². The van der Waals surface area contributed by atoms with E-state index in [1.54, 1.807) is 17.7 Å². The number of aromatic nitrogens is 2. The summed E-state index contributed by atoms with van der Waals surface area (Å²) in [6.07, 6.45) is 9.53. The summed E-state index contributed by atoms with van der Waals surface area (Å²) in [7, 11) is 0. The van der Waals surface area contributed by atoms with Crippen LogP contribution in [0.25, 0.3) is 10.2 Å². The van der Waals surface area contributed by atoms with Gasteiger partial charge in [-0.25, -0.2) is 9.97 Å². The van der Waals surface area contributed by atoms with Gasteiger partial charge >= 0.3 is 0 Å². The SMILES string of the molecule is CC(C#N)C[C@H]1CCc2sc3ncnc(O[C@H]4CC[C@H](N5CCOCC5)CC4)c3c21. The van der Waals surface area contributed by atoms with E-state index >= 15 is 0 Å². The summed E-state index contributed by atoms with van der Waals surface area (Å²) < 4.78 is 12.0. The van der Waals surface area contributed by atoms with Gasteiger partial charge in [-0.1, -0.05) is 0 Å². The van der Waals surface area contributed by atoms with Crippen molar-refractivity contribution in [3.05, 3.63) is 16.8 Å². The van der Waals surface area contributed by atoms with E-state index < -0.39 is 0 Å². The highest BCUT2D eigenvalue weighted by Crippen LogP contribution is 2.48. The molecule has 0 spiro atoms. The van der Waals surface area contributed by atoms with Crippen LogP contribution >= 0.6 is 11.3 Å². The predicted molar refractivity (Wildman–Crippen MR) is 117 cm³/mol. The van der Waals surface area contributed by atoms with Gasteiger partial charge in [0.05, 0.1) is 24.7 Å². The van der Waals surface area contributed by atoms with Crippen molar-refractivity contribution in [2.24, 2.45) is 5.92 Å². The Morgan fingerprint density at radius 2 is 2.03 bits per heavy atom. The zero-order valence-electron chi connectivity index (χ0n) is 17.7. The molecule has 0 radical (unpaired) electrons. The van der Waals surface area contributed by atoms with Crippen LogP contribution in [0.5, 0.6) is 5.88 Å². The average molecular weight is 427 g/mol. The highest BCUT2D eigenvalue weighted by molar-refractivity contribution is 7.19. The third-order valence-corrected chi connectivity index (χ3v) is 8.21. The van der Waals surface area contributed by atoms with E-state index in [4.69, 9.17) is 9.47 Å². The molecule has 2 aromatic heterocycles. The van der Waals surface area contributed by atoms with Crippen LogP contribution in [-0.2, 0) is 11.2 Å². The second-order valence-corrected chi connectivity index (χ2v) is 10.1. The predicted octanol–water partition coefficient (Wildman–Crippen LogP) is 4.29. The second kappa shape index (κ2) is 8.78. The lowest BCUT2D eigenvalue weighted by Crippen LogP contribution is -2.46. The molecule has 0 bridgehead atoms. The molecule has 6 nitrogen and oxygen atoms in total. The van der Waals surface area contributed by atoms with Crippen molar-refractivity contribution < 1.29 is 9.47 Å². The van der Waals surface area contributed by atoms with Crippen LogP contribution in [0.2, 0.25) is 0 Å². The summed E-state index contributed by atoms with van der Waals surface area (Å²) >= 11 is 1.79. The van der Waals surface area contributed by atoms with Gasteiger partial charge in [-0.15, -0.1) is 11.3 Å². The minimum Gasteiger partial charge on any atom is -0.474 e. The molecule has 2 aliphatic carbocycles. The maximum absolute atomic E-state index is 9.29. The summed E-state index contributed by atoms with van der Waals surface area (Å²) in [5.74, 6) is 1.26. The van der Waals surface area contributed by atoms with Crippen LogP contribution in [-0.4, -0.2) is 53.3 Å². The van der Waals surface area contributed by atoms with E-state index in [0.29, 0.717) is 12.0 Å². The molecule has 3 heterocycles. The maximum Gasteiger partial charge on any atom is 0.225 e. The highest BCUT2D eigenvalue weighted by Gasteiger charge is 2.33. The number of aryl methyl sites for hydroxylation is 1. The summed E-state index contributed by atoms with van der Waals surface area (Å²) in [5, 5.41) is 10.4. The van der Waals surface area contributed by atoms with Crippen molar-refractivity contribution in [1.82, 2.24) is 14.9 Å². The molecule has 30 heavy (non-hydrogen) atoms. The molecule has 2 aromatic rings.